The molecule has 1 fully saturated rings. The van der Waals surface area contributed by atoms with Crippen molar-refractivity contribution in [1.82, 2.24) is 15.0 Å². The zero-order valence-corrected chi connectivity index (χ0v) is 18.3. The van der Waals surface area contributed by atoms with Crippen LogP contribution < -0.4 is 15.5 Å². The predicted molar refractivity (Wildman–Crippen MR) is 115 cm³/mol. The molecule has 2 aromatic heterocycles. The lowest BCUT2D eigenvalue weighted by atomic mass is 9.82. The van der Waals surface area contributed by atoms with Gasteiger partial charge in [-0.05, 0) is 24.6 Å². The topological polar surface area (TPSA) is 106 Å². The number of aliphatic hydroxyl groups excluding tert-OH is 2. The van der Waals surface area contributed by atoms with Crippen molar-refractivity contribution >= 4 is 23.3 Å². The summed E-state index contributed by atoms with van der Waals surface area (Å²) < 4.78 is 68.4. The van der Waals surface area contributed by atoms with Crippen LogP contribution in [0.25, 0.3) is 0 Å². The Morgan fingerprint density at radius 3 is 2.44 bits per heavy atom. The molecule has 2 aliphatic heterocycles. The molecule has 0 saturated carbocycles. The molecule has 0 radical (unpaired) electrons. The van der Waals surface area contributed by atoms with Gasteiger partial charge in [-0.15, -0.1) is 0 Å². The molecular formula is C21H25F5N6O2. The molecule has 7 atom stereocenters. The van der Waals surface area contributed by atoms with Crippen LogP contribution >= 0.6 is 0 Å². The van der Waals surface area contributed by atoms with E-state index in [0.29, 0.717) is 11.3 Å². The van der Waals surface area contributed by atoms with Gasteiger partial charge in [-0.1, -0.05) is 6.92 Å². The van der Waals surface area contributed by atoms with Gasteiger partial charge < -0.3 is 25.7 Å². The maximum Gasteiger partial charge on any atom is 0.392 e. The Morgan fingerprint density at radius 2 is 1.82 bits per heavy atom. The van der Waals surface area contributed by atoms with E-state index in [-0.39, 0.29) is 30.7 Å². The quantitative estimate of drug-likeness (QED) is 0.476. The molecule has 1 saturated heterocycles. The molecule has 2 aromatic rings. The van der Waals surface area contributed by atoms with E-state index < -0.39 is 48.6 Å². The van der Waals surface area contributed by atoms with Gasteiger partial charge in [0.25, 0.3) is 0 Å². The number of hydrogen-bond acceptors (Lipinski definition) is 8. The third-order valence-corrected chi connectivity index (χ3v) is 6.29. The van der Waals surface area contributed by atoms with E-state index in [9.17, 15) is 32.2 Å². The molecule has 8 nitrogen and oxygen atoms in total. The summed E-state index contributed by atoms with van der Waals surface area (Å²) >= 11 is 0. The van der Waals surface area contributed by atoms with E-state index in [1.807, 2.05) is 0 Å². The van der Waals surface area contributed by atoms with Gasteiger partial charge in [-0.25, -0.2) is 18.7 Å². The minimum atomic E-state index is -4.47. The highest BCUT2D eigenvalue weighted by atomic mass is 19.4. The third kappa shape index (κ3) is 4.71. The fraction of sp³-hybridized carbons (Fsp3) is 0.571. The maximum absolute atomic E-state index is 13.9. The molecule has 2 aliphatic rings. The lowest BCUT2D eigenvalue weighted by Gasteiger charge is -2.34. The van der Waals surface area contributed by atoms with E-state index in [2.05, 4.69) is 25.6 Å². The van der Waals surface area contributed by atoms with Gasteiger partial charge in [0.2, 0.25) is 5.95 Å². The van der Waals surface area contributed by atoms with Crippen molar-refractivity contribution in [3.63, 3.8) is 0 Å². The number of nitrogens with zero attached hydrogens (tertiary/aromatic N) is 4. The van der Waals surface area contributed by atoms with Crippen molar-refractivity contribution in [1.29, 1.82) is 0 Å². The Balaban J connectivity index is 1.58. The Kier molecular flexibility index (Phi) is 6.51. The summed E-state index contributed by atoms with van der Waals surface area (Å²) in [6.07, 6.45) is -8.07. The number of rotatable bonds is 5. The highest BCUT2D eigenvalue weighted by Gasteiger charge is 2.49. The first kappa shape index (κ1) is 24.3. The minimum Gasteiger partial charge on any atom is -0.391 e. The number of pyridine rings is 1. The van der Waals surface area contributed by atoms with Gasteiger partial charge >= 0.3 is 6.18 Å². The van der Waals surface area contributed by atoms with E-state index in [1.165, 1.54) is 36.4 Å². The zero-order valence-electron chi connectivity index (χ0n) is 18.3. The van der Waals surface area contributed by atoms with Crippen LogP contribution in [-0.2, 0) is 0 Å². The minimum absolute atomic E-state index is 0.0303. The summed E-state index contributed by atoms with van der Waals surface area (Å²) in [5, 5.41) is 25.4. The number of aromatic nitrogens is 3. The molecule has 13 heteroatoms. The van der Waals surface area contributed by atoms with Crippen molar-refractivity contribution in [2.45, 2.75) is 56.5 Å². The zero-order chi connectivity index (χ0) is 24.8. The average Bonchev–Trinajstić information content (AvgIpc) is 3.15. The van der Waals surface area contributed by atoms with E-state index in [4.69, 9.17) is 0 Å². The monoisotopic (exact) mass is 488 g/mol. The number of fused-ring (bicyclic) bond motifs is 1. The summed E-state index contributed by atoms with van der Waals surface area (Å²) in [5.41, 5.74) is 0.754. The molecule has 34 heavy (non-hydrogen) atoms. The number of halogens is 5. The second-order valence-electron chi connectivity index (χ2n) is 8.72. The van der Waals surface area contributed by atoms with Crippen LogP contribution in [0, 0.1) is 5.92 Å². The molecule has 3 unspecified atom stereocenters. The average molecular weight is 488 g/mol. The van der Waals surface area contributed by atoms with Gasteiger partial charge in [0, 0.05) is 12.1 Å². The van der Waals surface area contributed by atoms with Crippen molar-refractivity contribution in [3.05, 3.63) is 30.1 Å². The second-order valence-corrected chi connectivity index (χ2v) is 8.72. The van der Waals surface area contributed by atoms with E-state index in [0.717, 1.165) is 6.92 Å². The number of hydrogen-bond donors (Lipinski definition) is 4. The fourth-order valence-electron chi connectivity index (χ4n) is 4.41. The molecule has 0 bridgehead atoms. The first-order valence-corrected chi connectivity index (χ1v) is 10.8. The molecular weight excluding hydrogens is 463 g/mol. The largest absolute Gasteiger partial charge is 0.392 e. The summed E-state index contributed by atoms with van der Waals surface area (Å²) in [6, 6.07) is 2.10. The van der Waals surface area contributed by atoms with E-state index in [1.54, 1.807) is 0 Å². The maximum atomic E-state index is 13.9. The fourth-order valence-corrected chi connectivity index (χ4v) is 4.41. The van der Waals surface area contributed by atoms with Crippen LogP contribution in [0.3, 0.4) is 0 Å². The van der Waals surface area contributed by atoms with Gasteiger partial charge in [0.1, 0.15) is 30.1 Å². The number of aliphatic hydroxyl groups is 2. The second kappa shape index (κ2) is 9.10. The van der Waals surface area contributed by atoms with Crippen molar-refractivity contribution in [3.8, 4) is 0 Å². The number of nitrogens with one attached hydrogen (secondary N) is 2. The van der Waals surface area contributed by atoms with Gasteiger partial charge in [-0.3, -0.25) is 0 Å². The SMILES string of the molecule is C[C@H](C1c2cc(Nc3ccnc(N4C[C@@H](F)C(O)[C@@H](F)C4)n3)ncc2NC1[C@@H](C)O)C(F)(F)F. The Bertz CT molecular complexity index is 1010. The predicted octanol–water partition coefficient (Wildman–Crippen LogP) is 2.93. The van der Waals surface area contributed by atoms with Gasteiger partial charge in [0.15, 0.2) is 0 Å². The van der Waals surface area contributed by atoms with Crippen LogP contribution in [0.4, 0.5) is 45.2 Å². The summed E-state index contributed by atoms with van der Waals surface area (Å²) in [6.45, 7) is 1.93. The lowest BCUT2D eigenvalue weighted by molar-refractivity contribution is -0.177. The van der Waals surface area contributed by atoms with Crippen molar-refractivity contribution in [2.24, 2.45) is 5.92 Å². The highest BCUT2D eigenvalue weighted by Crippen LogP contribution is 2.47. The van der Waals surface area contributed by atoms with E-state index >= 15 is 0 Å². The molecule has 4 rings (SSSR count). The van der Waals surface area contributed by atoms with Crippen molar-refractivity contribution < 1.29 is 32.2 Å². The van der Waals surface area contributed by atoms with Crippen LogP contribution in [0.2, 0.25) is 0 Å². The Labute approximate surface area is 192 Å². The Morgan fingerprint density at radius 1 is 1.15 bits per heavy atom. The highest BCUT2D eigenvalue weighted by molar-refractivity contribution is 5.65. The molecule has 4 N–H and O–H groups in total. The van der Waals surface area contributed by atoms with Crippen LogP contribution in [0.5, 0.6) is 0 Å². The van der Waals surface area contributed by atoms with Gasteiger partial charge in [0.05, 0.1) is 43.0 Å². The summed E-state index contributed by atoms with van der Waals surface area (Å²) in [4.78, 5) is 13.7. The van der Waals surface area contributed by atoms with Crippen LogP contribution in [0.1, 0.15) is 25.3 Å². The molecule has 0 amide bonds. The van der Waals surface area contributed by atoms with Gasteiger partial charge in [-0.2, -0.15) is 18.2 Å². The molecule has 0 aliphatic carbocycles. The smallest absolute Gasteiger partial charge is 0.391 e. The summed E-state index contributed by atoms with van der Waals surface area (Å²) in [7, 11) is 0. The first-order valence-electron chi connectivity index (χ1n) is 10.8. The number of alkyl halides is 5. The number of anilines is 4. The third-order valence-electron chi connectivity index (χ3n) is 6.29. The molecule has 4 heterocycles. The first-order chi connectivity index (χ1) is 16.0. The normalized spacial score (nSPS) is 28.7. The number of piperidine rings is 1. The Hall–Kier alpha value is -2.80. The van der Waals surface area contributed by atoms with Crippen LogP contribution in [0.15, 0.2) is 24.5 Å². The standard InChI is InChI=1S/C21H25F5N6O2/c1-9(21(24,25)26)17-11-5-16(28-6-14(11)29-18(17)10(2)33)30-15-3-4-27-20(31-15)32-7-12(22)19(34)13(23)8-32/h3-6,9-10,12-13,17-19,29,33-34H,7-8H2,1-2H3,(H,27,28,30,31)/t9-,10-,12-,13+,17?,18?,19?/m1/s1. The summed E-state index contributed by atoms with van der Waals surface area (Å²) in [5.74, 6) is -2.31. The molecule has 0 spiro atoms. The lowest BCUT2D eigenvalue weighted by Crippen LogP contribution is -2.52. The van der Waals surface area contributed by atoms with Crippen LogP contribution in [-0.4, -0.2) is 75.0 Å². The molecule has 0 aromatic carbocycles. The molecule has 186 valence electrons. The van der Waals surface area contributed by atoms with Crippen molar-refractivity contribution in [2.75, 3.05) is 28.6 Å².